The van der Waals surface area contributed by atoms with Crippen LogP contribution in [-0.4, -0.2) is 44.2 Å². The number of thioether (sulfide) groups is 1. The molecule has 3 aromatic rings. The average molecular weight is 358 g/mol. The Morgan fingerprint density at radius 2 is 2.32 bits per heavy atom. The molecular weight excluding hydrogens is 344 g/mol. The minimum absolute atomic E-state index is 0.0105. The van der Waals surface area contributed by atoms with E-state index in [9.17, 15) is 9.59 Å². The maximum atomic E-state index is 12.5. The summed E-state index contributed by atoms with van der Waals surface area (Å²) >= 11 is 1.16. The number of ether oxygens (including phenoxy) is 1. The van der Waals surface area contributed by atoms with Gasteiger partial charge in [0.1, 0.15) is 5.76 Å². The fourth-order valence-electron chi connectivity index (χ4n) is 2.83. The molecule has 1 atom stereocenters. The van der Waals surface area contributed by atoms with Crippen LogP contribution in [0.15, 0.2) is 34.2 Å². The molecule has 0 radical (unpaired) electrons. The van der Waals surface area contributed by atoms with Crippen LogP contribution in [0.5, 0.6) is 0 Å². The summed E-state index contributed by atoms with van der Waals surface area (Å²) in [6.07, 6.45) is 4.26. The third-order valence-corrected chi connectivity index (χ3v) is 4.87. The standard InChI is InChI=1S/C16H14N4O4S/c1-23-14(22)8-25-16-18-15-17-11-5-9(13-3-2-4-24-13)6-12(21)10(11)7-20(15)19-16/h2-4,7,9H,5-6,8H2,1H3/t9-/m1/s1. The number of aromatic nitrogens is 4. The maximum absolute atomic E-state index is 12.5. The molecule has 0 spiro atoms. The molecule has 0 unspecified atom stereocenters. The molecule has 0 saturated heterocycles. The predicted octanol–water partition coefficient (Wildman–Crippen LogP) is 1.90. The Kier molecular flexibility index (Phi) is 4.00. The summed E-state index contributed by atoms with van der Waals surface area (Å²) in [6, 6.07) is 3.69. The van der Waals surface area contributed by atoms with E-state index >= 15 is 0 Å². The Morgan fingerprint density at radius 1 is 1.44 bits per heavy atom. The molecule has 0 saturated carbocycles. The third kappa shape index (κ3) is 3.02. The van der Waals surface area contributed by atoms with Crippen LogP contribution < -0.4 is 0 Å². The molecule has 1 aliphatic carbocycles. The van der Waals surface area contributed by atoms with E-state index in [1.807, 2.05) is 12.1 Å². The van der Waals surface area contributed by atoms with Gasteiger partial charge in [0.15, 0.2) is 5.78 Å². The van der Waals surface area contributed by atoms with E-state index in [-0.39, 0.29) is 23.4 Å². The van der Waals surface area contributed by atoms with E-state index < -0.39 is 0 Å². The van der Waals surface area contributed by atoms with Crippen molar-refractivity contribution in [3.05, 3.63) is 41.6 Å². The lowest BCUT2D eigenvalue weighted by atomic mass is 9.85. The second-order valence-corrected chi connectivity index (χ2v) is 6.59. The Bertz CT molecular complexity index is 951. The summed E-state index contributed by atoms with van der Waals surface area (Å²) in [5.74, 6) is 0.951. The van der Waals surface area contributed by atoms with Crippen LogP contribution in [0.3, 0.4) is 0 Å². The largest absolute Gasteiger partial charge is 0.469 e. The van der Waals surface area contributed by atoms with Crippen molar-refractivity contribution in [1.29, 1.82) is 0 Å². The number of furan rings is 1. The molecular formula is C16H14N4O4S. The lowest BCUT2D eigenvalue weighted by molar-refractivity contribution is -0.137. The molecule has 3 heterocycles. The van der Waals surface area contributed by atoms with Crippen LogP contribution in [0, 0.1) is 0 Å². The number of ketones is 1. The lowest BCUT2D eigenvalue weighted by Crippen LogP contribution is -2.21. The summed E-state index contributed by atoms with van der Waals surface area (Å²) in [4.78, 5) is 32.5. The van der Waals surface area contributed by atoms with Gasteiger partial charge in [0, 0.05) is 25.0 Å². The van der Waals surface area contributed by atoms with E-state index in [1.54, 1.807) is 12.5 Å². The summed E-state index contributed by atoms with van der Waals surface area (Å²) in [6.45, 7) is 0. The van der Waals surface area contributed by atoms with E-state index in [2.05, 4.69) is 19.8 Å². The number of fused-ring (bicyclic) bond motifs is 2. The molecule has 0 fully saturated rings. The number of carbonyl (C=O) groups excluding carboxylic acids is 2. The molecule has 1 aliphatic rings. The highest BCUT2D eigenvalue weighted by molar-refractivity contribution is 7.99. The molecule has 0 amide bonds. The van der Waals surface area contributed by atoms with Crippen LogP contribution in [0.4, 0.5) is 0 Å². The summed E-state index contributed by atoms with van der Waals surface area (Å²) < 4.78 is 11.5. The van der Waals surface area contributed by atoms with Gasteiger partial charge < -0.3 is 9.15 Å². The van der Waals surface area contributed by atoms with Crippen LogP contribution in [0.2, 0.25) is 0 Å². The molecule has 3 aromatic heterocycles. The summed E-state index contributed by atoms with van der Waals surface area (Å²) in [5, 5.41) is 4.67. The summed E-state index contributed by atoms with van der Waals surface area (Å²) in [7, 11) is 1.33. The predicted molar refractivity (Wildman–Crippen MR) is 87.6 cm³/mol. The number of methoxy groups -OCH3 is 1. The lowest BCUT2D eigenvalue weighted by Gasteiger charge is -2.20. The molecule has 0 N–H and O–H groups in total. The van der Waals surface area contributed by atoms with Crippen molar-refractivity contribution in [2.75, 3.05) is 12.9 Å². The van der Waals surface area contributed by atoms with Crippen molar-refractivity contribution in [2.45, 2.75) is 23.9 Å². The molecule has 0 aliphatic heterocycles. The number of Topliss-reactive ketones (excluding diaryl/α,β-unsaturated/α-hetero) is 1. The van der Waals surface area contributed by atoms with Gasteiger partial charge in [-0.15, -0.1) is 5.10 Å². The summed E-state index contributed by atoms with van der Waals surface area (Å²) in [5.41, 5.74) is 1.26. The zero-order valence-electron chi connectivity index (χ0n) is 13.3. The van der Waals surface area contributed by atoms with Gasteiger partial charge in [0.2, 0.25) is 5.16 Å². The third-order valence-electron chi connectivity index (χ3n) is 4.06. The Morgan fingerprint density at radius 3 is 3.08 bits per heavy atom. The molecule has 25 heavy (non-hydrogen) atoms. The highest BCUT2D eigenvalue weighted by Crippen LogP contribution is 2.32. The first-order valence-corrected chi connectivity index (χ1v) is 8.65. The first kappa shape index (κ1) is 15.8. The van der Waals surface area contributed by atoms with Crippen molar-refractivity contribution < 1.29 is 18.7 Å². The number of hydrogen-bond acceptors (Lipinski definition) is 8. The van der Waals surface area contributed by atoms with E-state index in [0.29, 0.717) is 35.0 Å². The van der Waals surface area contributed by atoms with Crippen molar-refractivity contribution in [3.63, 3.8) is 0 Å². The number of esters is 1. The molecule has 4 rings (SSSR count). The molecule has 128 valence electrons. The van der Waals surface area contributed by atoms with Crippen molar-refractivity contribution >= 4 is 29.3 Å². The SMILES string of the molecule is COC(=O)CSc1nc2nc3c(cn2n1)C(=O)C[C@H](c1ccco1)C3. The Balaban J connectivity index is 1.64. The number of carbonyl (C=O) groups is 2. The first-order valence-electron chi connectivity index (χ1n) is 7.66. The Labute approximate surface area is 146 Å². The van der Waals surface area contributed by atoms with Gasteiger partial charge in [0.05, 0.1) is 30.4 Å². The first-order chi connectivity index (χ1) is 12.1. The smallest absolute Gasteiger partial charge is 0.316 e. The monoisotopic (exact) mass is 358 g/mol. The van der Waals surface area contributed by atoms with Crippen LogP contribution in [0.25, 0.3) is 5.78 Å². The average Bonchev–Trinajstić information content (AvgIpc) is 3.27. The second-order valence-electron chi connectivity index (χ2n) is 5.65. The number of nitrogens with zero attached hydrogens (tertiary/aromatic N) is 4. The van der Waals surface area contributed by atoms with Gasteiger partial charge in [-0.1, -0.05) is 11.8 Å². The van der Waals surface area contributed by atoms with Crippen molar-refractivity contribution in [1.82, 2.24) is 19.6 Å². The topological polar surface area (TPSA) is 99.6 Å². The quantitative estimate of drug-likeness (QED) is 0.515. The minimum Gasteiger partial charge on any atom is -0.469 e. The van der Waals surface area contributed by atoms with Gasteiger partial charge in [-0.25, -0.2) is 9.50 Å². The van der Waals surface area contributed by atoms with E-state index in [0.717, 1.165) is 17.5 Å². The van der Waals surface area contributed by atoms with E-state index in [4.69, 9.17) is 4.42 Å². The fraction of sp³-hybridized carbons (Fsp3) is 0.312. The molecule has 0 aromatic carbocycles. The van der Waals surface area contributed by atoms with Gasteiger partial charge in [0.25, 0.3) is 5.78 Å². The van der Waals surface area contributed by atoms with Gasteiger partial charge in [-0.3, -0.25) is 9.59 Å². The van der Waals surface area contributed by atoms with Crippen molar-refractivity contribution in [2.24, 2.45) is 0 Å². The van der Waals surface area contributed by atoms with E-state index in [1.165, 1.54) is 11.6 Å². The molecule has 9 heteroatoms. The van der Waals surface area contributed by atoms with Crippen LogP contribution in [0.1, 0.15) is 34.2 Å². The normalized spacial score (nSPS) is 16.8. The minimum atomic E-state index is -0.354. The highest BCUT2D eigenvalue weighted by atomic mass is 32.2. The molecule has 8 nitrogen and oxygen atoms in total. The molecule has 0 bridgehead atoms. The van der Waals surface area contributed by atoms with Crippen molar-refractivity contribution in [3.8, 4) is 0 Å². The zero-order chi connectivity index (χ0) is 17.4. The second kappa shape index (κ2) is 6.32. The van der Waals surface area contributed by atoms with Gasteiger partial charge >= 0.3 is 5.97 Å². The fourth-order valence-corrected chi connectivity index (χ4v) is 3.49. The van der Waals surface area contributed by atoms with Crippen LogP contribution >= 0.6 is 11.8 Å². The van der Waals surface area contributed by atoms with Crippen LogP contribution in [-0.2, 0) is 16.0 Å². The maximum Gasteiger partial charge on any atom is 0.316 e. The zero-order valence-corrected chi connectivity index (χ0v) is 14.2. The van der Waals surface area contributed by atoms with Gasteiger partial charge in [-0.2, -0.15) is 4.98 Å². The van der Waals surface area contributed by atoms with Gasteiger partial charge in [-0.05, 0) is 12.1 Å². The Hall–Kier alpha value is -2.68. The highest BCUT2D eigenvalue weighted by Gasteiger charge is 2.30. The number of hydrogen-bond donors (Lipinski definition) is 0. The number of rotatable bonds is 4.